The lowest BCUT2D eigenvalue weighted by Crippen LogP contribution is -2.35. The third-order valence-electron chi connectivity index (χ3n) is 8.29. The molecule has 2 aromatic rings. The van der Waals surface area contributed by atoms with Crippen LogP contribution >= 0.6 is 0 Å². The predicted octanol–water partition coefficient (Wildman–Crippen LogP) is 7.20. The van der Waals surface area contributed by atoms with Gasteiger partial charge < -0.3 is 0 Å². The molecular weight excluding hydrogens is 312 g/mol. The molecule has 0 aliphatic heterocycles. The Morgan fingerprint density at radius 3 is 2.62 bits per heavy atom. The van der Waals surface area contributed by atoms with Gasteiger partial charge in [-0.25, -0.2) is 0 Å². The number of allylic oxidation sites excluding steroid dienone is 2. The van der Waals surface area contributed by atoms with Gasteiger partial charge in [-0.15, -0.1) is 0 Å². The molecule has 134 valence electrons. The van der Waals surface area contributed by atoms with E-state index in [-0.39, 0.29) is 0 Å². The lowest BCUT2D eigenvalue weighted by Gasteiger charge is -2.42. The Morgan fingerprint density at radius 1 is 0.885 bits per heavy atom. The molecule has 6 rings (SSSR count). The maximum Gasteiger partial charge on any atom is 0.00274 e. The molecule has 0 heteroatoms. The molecule has 1 spiro atoms. The fraction of sp³-hybridized carbons (Fsp3) is 0.538. The molecule has 4 aliphatic carbocycles. The van der Waals surface area contributed by atoms with Crippen LogP contribution in [-0.4, -0.2) is 0 Å². The molecule has 2 bridgehead atoms. The van der Waals surface area contributed by atoms with Crippen molar-refractivity contribution in [2.24, 2.45) is 5.92 Å². The monoisotopic (exact) mass is 342 g/mol. The van der Waals surface area contributed by atoms with Crippen LogP contribution in [0.4, 0.5) is 0 Å². The van der Waals surface area contributed by atoms with Crippen LogP contribution in [0.1, 0.15) is 86.8 Å². The summed E-state index contributed by atoms with van der Waals surface area (Å²) in [6.45, 7) is 0. The van der Waals surface area contributed by atoms with Crippen LogP contribution in [0.3, 0.4) is 0 Å². The van der Waals surface area contributed by atoms with Crippen molar-refractivity contribution in [1.82, 2.24) is 0 Å². The quantitative estimate of drug-likeness (QED) is 0.481. The zero-order valence-electron chi connectivity index (χ0n) is 15.9. The van der Waals surface area contributed by atoms with E-state index in [1.54, 1.807) is 22.3 Å². The van der Waals surface area contributed by atoms with Crippen LogP contribution in [0, 0.1) is 5.92 Å². The SMILES string of the molecule is C1=C2CC(C1)C1(CCCc3cc4cc(C5CCCCC5)ccc4cc31)C2. The number of rotatable bonds is 1. The van der Waals surface area contributed by atoms with Gasteiger partial charge in [-0.3, -0.25) is 0 Å². The number of benzene rings is 2. The maximum absolute atomic E-state index is 2.61. The lowest BCUT2D eigenvalue weighted by molar-refractivity contribution is 0.270. The van der Waals surface area contributed by atoms with Gasteiger partial charge >= 0.3 is 0 Å². The number of aryl methyl sites for hydroxylation is 1. The predicted molar refractivity (Wildman–Crippen MR) is 110 cm³/mol. The first-order chi connectivity index (χ1) is 12.8. The van der Waals surface area contributed by atoms with Gasteiger partial charge in [0.1, 0.15) is 0 Å². The van der Waals surface area contributed by atoms with Gasteiger partial charge in [0, 0.05) is 5.41 Å². The van der Waals surface area contributed by atoms with Crippen LogP contribution in [-0.2, 0) is 11.8 Å². The second kappa shape index (κ2) is 5.72. The molecule has 2 unspecified atom stereocenters. The molecule has 2 fully saturated rings. The van der Waals surface area contributed by atoms with E-state index < -0.39 is 0 Å². The summed E-state index contributed by atoms with van der Waals surface area (Å²) in [4.78, 5) is 0. The fourth-order valence-electron chi connectivity index (χ4n) is 6.97. The highest BCUT2D eigenvalue weighted by atomic mass is 14.5. The summed E-state index contributed by atoms with van der Waals surface area (Å²) < 4.78 is 0. The van der Waals surface area contributed by atoms with Crippen molar-refractivity contribution in [3.05, 3.63) is 58.7 Å². The van der Waals surface area contributed by atoms with Gasteiger partial charge in [0.05, 0.1) is 0 Å². The van der Waals surface area contributed by atoms with Crippen molar-refractivity contribution < 1.29 is 0 Å². The second-order valence-corrected chi connectivity index (χ2v) is 9.64. The van der Waals surface area contributed by atoms with E-state index in [4.69, 9.17) is 0 Å². The minimum Gasteiger partial charge on any atom is -0.0850 e. The smallest absolute Gasteiger partial charge is 0.00274 e. The fourth-order valence-corrected chi connectivity index (χ4v) is 6.97. The van der Waals surface area contributed by atoms with Crippen LogP contribution in [0.2, 0.25) is 0 Å². The Balaban J connectivity index is 1.44. The standard InChI is InChI=1S/C26H30/c1-2-5-19(6-3-1)20-9-10-21-16-25-22(15-23(21)14-20)7-4-12-26(25)17-18-8-11-24(26)13-18/h8-10,14-16,19,24H,1-7,11-13,17H2. The molecular formula is C26H30. The summed E-state index contributed by atoms with van der Waals surface area (Å²) in [6.07, 6.45) is 17.8. The first-order valence-corrected chi connectivity index (χ1v) is 11.1. The largest absolute Gasteiger partial charge is 0.0850 e. The normalized spacial score (nSPS) is 30.8. The molecule has 2 saturated carbocycles. The maximum atomic E-state index is 2.61. The number of fused-ring (bicyclic) bond motifs is 6. The third-order valence-corrected chi connectivity index (χ3v) is 8.29. The van der Waals surface area contributed by atoms with Gasteiger partial charge in [0.25, 0.3) is 0 Å². The Bertz CT molecular complexity index is 896. The van der Waals surface area contributed by atoms with Crippen LogP contribution in [0.25, 0.3) is 10.8 Å². The van der Waals surface area contributed by atoms with E-state index in [1.165, 1.54) is 81.4 Å². The molecule has 0 N–H and O–H groups in total. The molecule has 0 amide bonds. The molecule has 0 saturated heterocycles. The highest BCUT2D eigenvalue weighted by Crippen LogP contribution is 2.59. The number of hydrogen-bond donors (Lipinski definition) is 0. The Labute approximate surface area is 157 Å². The van der Waals surface area contributed by atoms with E-state index >= 15 is 0 Å². The van der Waals surface area contributed by atoms with Crippen LogP contribution in [0.15, 0.2) is 42.0 Å². The van der Waals surface area contributed by atoms with Gasteiger partial charge in [-0.2, -0.15) is 0 Å². The van der Waals surface area contributed by atoms with Crippen molar-refractivity contribution >= 4 is 10.8 Å². The van der Waals surface area contributed by atoms with E-state index in [0.717, 1.165) is 11.8 Å². The Morgan fingerprint density at radius 2 is 1.81 bits per heavy atom. The average Bonchev–Trinajstić information content (AvgIpc) is 3.29. The van der Waals surface area contributed by atoms with Crippen molar-refractivity contribution in [3.8, 4) is 0 Å². The van der Waals surface area contributed by atoms with Crippen molar-refractivity contribution in [1.29, 1.82) is 0 Å². The second-order valence-electron chi connectivity index (χ2n) is 9.64. The van der Waals surface area contributed by atoms with Gasteiger partial charge in [-0.1, -0.05) is 61.2 Å². The van der Waals surface area contributed by atoms with Crippen LogP contribution in [0.5, 0.6) is 0 Å². The Kier molecular flexibility index (Phi) is 3.41. The average molecular weight is 343 g/mol. The molecule has 2 atom stereocenters. The zero-order valence-corrected chi connectivity index (χ0v) is 15.9. The molecule has 2 aromatic carbocycles. The van der Waals surface area contributed by atoms with Gasteiger partial charge in [-0.05, 0) is 90.7 Å². The summed E-state index contributed by atoms with van der Waals surface area (Å²) in [7, 11) is 0. The van der Waals surface area contributed by atoms with E-state index in [0.29, 0.717) is 5.41 Å². The summed E-state index contributed by atoms with van der Waals surface area (Å²) in [5.41, 5.74) is 7.27. The molecule has 0 radical (unpaired) electrons. The topological polar surface area (TPSA) is 0 Å². The first-order valence-electron chi connectivity index (χ1n) is 11.1. The first kappa shape index (κ1) is 15.5. The molecule has 0 aromatic heterocycles. The van der Waals surface area contributed by atoms with Gasteiger partial charge in [0.15, 0.2) is 0 Å². The summed E-state index contributed by atoms with van der Waals surface area (Å²) in [6, 6.07) is 12.6. The summed E-state index contributed by atoms with van der Waals surface area (Å²) in [5, 5.41) is 2.99. The minimum absolute atomic E-state index is 0.494. The highest BCUT2D eigenvalue weighted by Gasteiger charge is 2.49. The molecule has 26 heavy (non-hydrogen) atoms. The van der Waals surface area contributed by atoms with Crippen molar-refractivity contribution in [3.63, 3.8) is 0 Å². The number of hydrogen-bond acceptors (Lipinski definition) is 0. The minimum atomic E-state index is 0.494. The summed E-state index contributed by atoms with van der Waals surface area (Å²) >= 11 is 0. The molecule has 0 heterocycles. The van der Waals surface area contributed by atoms with Crippen LogP contribution < -0.4 is 0 Å². The van der Waals surface area contributed by atoms with E-state index in [2.05, 4.69) is 36.4 Å². The Hall–Kier alpha value is -1.56. The highest BCUT2D eigenvalue weighted by molar-refractivity contribution is 5.85. The lowest BCUT2D eigenvalue weighted by atomic mass is 9.62. The third kappa shape index (κ3) is 2.20. The van der Waals surface area contributed by atoms with Crippen molar-refractivity contribution in [2.75, 3.05) is 0 Å². The van der Waals surface area contributed by atoms with Crippen molar-refractivity contribution in [2.45, 2.75) is 82.0 Å². The van der Waals surface area contributed by atoms with Gasteiger partial charge in [0.2, 0.25) is 0 Å². The summed E-state index contributed by atoms with van der Waals surface area (Å²) in [5.74, 6) is 1.71. The zero-order chi connectivity index (χ0) is 17.1. The molecule has 0 nitrogen and oxygen atoms in total. The van der Waals surface area contributed by atoms with E-state index in [9.17, 15) is 0 Å². The molecule has 4 aliphatic rings. The van der Waals surface area contributed by atoms with E-state index in [1.807, 2.05) is 0 Å².